The molecule has 0 aliphatic carbocycles. The summed E-state index contributed by atoms with van der Waals surface area (Å²) in [6.45, 7) is 0. The van der Waals surface area contributed by atoms with Crippen molar-refractivity contribution in [1.29, 1.82) is 5.41 Å². The van der Waals surface area contributed by atoms with Crippen molar-refractivity contribution in [2.45, 2.75) is 12.5 Å². The lowest BCUT2D eigenvalue weighted by molar-refractivity contribution is 0.709. The van der Waals surface area contributed by atoms with Crippen LogP contribution in [-0.2, 0) is 0 Å². The molecule has 0 fully saturated rings. The summed E-state index contributed by atoms with van der Waals surface area (Å²) in [7, 11) is 0. The molecule has 1 unspecified atom stereocenters. The predicted octanol–water partition coefficient (Wildman–Crippen LogP) is 4.66. The number of benzene rings is 2. The average Bonchev–Trinajstić information content (AvgIpc) is 2.93. The van der Waals surface area contributed by atoms with Crippen LogP contribution in [0.1, 0.15) is 18.0 Å². The number of amidine groups is 1. The summed E-state index contributed by atoms with van der Waals surface area (Å²) in [6.07, 6.45) is 0.568. The second-order valence-electron chi connectivity index (χ2n) is 5.03. The number of nitrogens with one attached hydrogen (secondary N) is 1. The first kappa shape index (κ1) is 17.6. The van der Waals surface area contributed by atoms with Crippen LogP contribution in [0.25, 0.3) is 0 Å². The highest BCUT2D eigenvalue weighted by molar-refractivity contribution is 6.41. The summed E-state index contributed by atoms with van der Waals surface area (Å²) in [6, 6.07) is 15.2. The fourth-order valence-electron chi connectivity index (χ4n) is 2.50. The lowest BCUT2D eigenvalue weighted by Gasteiger charge is -2.24. The van der Waals surface area contributed by atoms with E-state index in [2.05, 4.69) is 5.10 Å². The molecule has 1 heterocycles. The van der Waals surface area contributed by atoms with Crippen molar-refractivity contribution in [3.8, 4) is 0 Å². The van der Waals surface area contributed by atoms with E-state index in [0.29, 0.717) is 22.2 Å². The molecule has 1 aliphatic heterocycles. The highest BCUT2D eigenvalue weighted by atomic mass is 35.5. The maximum absolute atomic E-state index is 7.65. The van der Waals surface area contributed by atoms with Crippen molar-refractivity contribution in [3.05, 3.63) is 64.1 Å². The molecule has 7 heteroatoms. The second kappa shape index (κ2) is 7.21. The Labute approximate surface area is 150 Å². The molecule has 0 saturated carbocycles. The molecule has 0 aromatic heterocycles. The Morgan fingerprint density at radius 1 is 1.17 bits per heavy atom. The topological polar surface area (TPSA) is 65.5 Å². The van der Waals surface area contributed by atoms with Gasteiger partial charge < -0.3 is 5.73 Å². The molecule has 4 nitrogen and oxygen atoms in total. The number of anilines is 1. The fourth-order valence-corrected chi connectivity index (χ4v) is 2.99. The van der Waals surface area contributed by atoms with E-state index < -0.39 is 0 Å². The molecule has 23 heavy (non-hydrogen) atoms. The van der Waals surface area contributed by atoms with Gasteiger partial charge in [0.05, 0.1) is 16.8 Å². The first-order chi connectivity index (χ1) is 10.6. The minimum atomic E-state index is -0.0428. The summed E-state index contributed by atoms with van der Waals surface area (Å²) in [5.41, 5.74) is 8.01. The highest BCUT2D eigenvalue weighted by Crippen LogP contribution is 2.39. The molecular formula is C16H15Cl3N4. The summed E-state index contributed by atoms with van der Waals surface area (Å²) < 4.78 is 0. The molecular weight excluding hydrogens is 355 g/mol. The molecule has 120 valence electrons. The van der Waals surface area contributed by atoms with Gasteiger partial charge >= 0.3 is 0 Å². The molecule has 1 atom stereocenters. The average molecular weight is 370 g/mol. The molecule has 2 aromatic rings. The van der Waals surface area contributed by atoms with E-state index in [1.54, 1.807) is 12.1 Å². The molecule has 3 N–H and O–H groups in total. The summed E-state index contributed by atoms with van der Waals surface area (Å²) >= 11 is 12.3. The van der Waals surface area contributed by atoms with Crippen LogP contribution < -0.4 is 10.7 Å². The quantitative estimate of drug-likeness (QED) is 0.610. The van der Waals surface area contributed by atoms with E-state index in [-0.39, 0.29) is 24.3 Å². The van der Waals surface area contributed by atoms with Gasteiger partial charge in [0.15, 0.2) is 0 Å². The molecule has 1 aliphatic rings. The van der Waals surface area contributed by atoms with Crippen LogP contribution in [0.5, 0.6) is 0 Å². The fraction of sp³-hybridized carbons (Fsp3) is 0.125. The van der Waals surface area contributed by atoms with E-state index in [1.165, 1.54) is 0 Å². The third-order valence-electron chi connectivity index (χ3n) is 3.56. The van der Waals surface area contributed by atoms with Gasteiger partial charge in [-0.1, -0.05) is 53.5 Å². The Bertz CT molecular complexity index is 746. The van der Waals surface area contributed by atoms with Gasteiger partial charge in [0.2, 0.25) is 0 Å². The Balaban J connectivity index is 0.00000192. The van der Waals surface area contributed by atoms with Gasteiger partial charge in [0.1, 0.15) is 11.5 Å². The third kappa shape index (κ3) is 3.61. The maximum atomic E-state index is 7.65. The van der Waals surface area contributed by atoms with Gasteiger partial charge in [-0.15, -0.1) is 12.4 Å². The monoisotopic (exact) mass is 368 g/mol. The van der Waals surface area contributed by atoms with Gasteiger partial charge in [-0.05, 0) is 23.8 Å². The van der Waals surface area contributed by atoms with E-state index in [9.17, 15) is 0 Å². The van der Waals surface area contributed by atoms with Gasteiger partial charge in [-0.2, -0.15) is 5.10 Å². The number of hydrogen-bond acceptors (Lipinski definition) is 3. The largest absolute Gasteiger partial charge is 0.383 e. The third-order valence-corrected chi connectivity index (χ3v) is 4.10. The van der Waals surface area contributed by atoms with Crippen LogP contribution in [0, 0.1) is 5.41 Å². The van der Waals surface area contributed by atoms with Crippen LogP contribution in [0.4, 0.5) is 5.69 Å². The van der Waals surface area contributed by atoms with Gasteiger partial charge in [-0.3, -0.25) is 10.4 Å². The Hall–Kier alpha value is -1.75. The SMILES string of the molecule is Cl.N=C(N)C1=NN(c2ccc(Cl)cc2Cl)C(c2ccccc2)C1. The van der Waals surface area contributed by atoms with E-state index >= 15 is 0 Å². The van der Waals surface area contributed by atoms with Crippen LogP contribution in [0.15, 0.2) is 53.6 Å². The van der Waals surface area contributed by atoms with Crippen LogP contribution in [0.2, 0.25) is 10.0 Å². The Morgan fingerprint density at radius 2 is 1.87 bits per heavy atom. The number of nitrogens with zero attached hydrogens (tertiary/aromatic N) is 2. The zero-order valence-corrected chi connectivity index (χ0v) is 14.4. The zero-order chi connectivity index (χ0) is 15.7. The van der Waals surface area contributed by atoms with E-state index in [4.69, 9.17) is 34.3 Å². The van der Waals surface area contributed by atoms with Crippen LogP contribution in [0.3, 0.4) is 0 Å². The molecule has 0 amide bonds. The standard InChI is InChI=1S/C16H14Cl2N4.ClH/c17-11-6-7-14(12(18)8-11)22-15(9-13(21-22)16(19)20)10-4-2-1-3-5-10;/h1-8,15H,9H2,(H3,19,20);1H. The summed E-state index contributed by atoms with van der Waals surface area (Å²) in [5.74, 6) is -0.0199. The van der Waals surface area contributed by atoms with E-state index in [0.717, 1.165) is 11.3 Å². The Morgan fingerprint density at radius 3 is 2.48 bits per heavy atom. The molecule has 0 spiro atoms. The molecule has 2 aromatic carbocycles. The smallest absolute Gasteiger partial charge is 0.139 e. The van der Waals surface area contributed by atoms with E-state index in [1.807, 2.05) is 41.4 Å². The van der Waals surface area contributed by atoms with Crippen molar-refractivity contribution in [1.82, 2.24) is 0 Å². The second-order valence-corrected chi connectivity index (χ2v) is 5.87. The van der Waals surface area contributed by atoms with Crippen molar-refractivity contribution in [2.24, 2.45) is 10.8 Å². The summed E-state index contributed by atoms with van der Waals surface area (Å²) in [4.78, 5) is 0. The van der Waals surface area contributed by atoms with Crippen LogP contribution in [-0.4, -0.2) is 11.5 Å². The van der Waals surface area contributed by atoms with Gasteiger partial charge in [0, 0.05) is 11.4 Å². The number of hydrazone groups is 1. The number of rotatable bonds is 3. The number of nitrogens with two attached hydrogens (primary N) is 1. The predicted molar refractivity (Wildman–Crippen MR) is 99.3 cm³/mol. The zero-order valence-electron chi connectivity index (χ0n) is 12.0. The van der Waals surface area contributed by atoms with Crippen molar-refractivity contribution in [3.63, 3.8) is 0 Å². The van der Waals surface area contributed by atoms with Gasteiger partial charge in [-0.25, -0.2) is 0 Å². The maximum Gasteiger partial charge on any atom is 0.139 e. The highest BCUT2D eigenvalue weighted by Gasteiger charge is 2.31. The molecule has 0 radical (unpaired) electrons. The minimum Gasteiger partial charge on any atom is -0.383 e. The lowest BCUT2D eigenvalue weighted by atomic mass is 10.0. The van der Waals surface area contributed by atoms with Crippen molar-refractivity contribution in [2.75, 3.05) is 5.01 Å². The molecule has 3 rings (SSSR count). The number of hydrogen-bond donors (Lipinski definition) is 2. The minimum absolute atomic E-state index is 0. The van der Waals surface area contributed by atoms with Gasteiger partial charge in [0.25, 0.3) is 0 Å². The van der Waals surface area contributed by atoms with Crippen LogP contribution >= 0.6 is 35.6 Å². The lowest BCUT2D eigenvalue weighted by Crippen LogP contribution is -2.21. The Kier molecular flexibility index (Phi) is 5.52. The van der Waals surface area contributed by atoms with Crippen molar-refractivity contribution < 1.29 is 0 Å². The molecule has 0 saturated heterocycles. The number of halogens is 3. The molecule has 0 bridgehead atoms. The first-order valence-corrected chi connectivity index (χ1v) is 7.53. The first-order valence-electron chi connectivity index (χ1n) is 6.77. The van der Waals surface area contributed by atoms with Crippen molar-refractivity contribution >= 4 is 52.8 Å². The summed E-state index contributed by atoms with van der Waals surface area (Å²) in [5, 5.41) is 15.0. The normalized spacial score (nSPS) is 16.7.